The Morgan fingerprint density at radius 1 is 1.56 bits per heavy atom. The van der Waals surface area contributed by atoms with E-state index in [9.17, 15) is 0 Å². The second-order valence-electron chi connectivity index (χ2n) is 3.36. The van der Waals surface area contributed by atoms with Gasteiger partial charge in [-0.05, 0) is 24.7 Å². The fourth-order valence-electron chi connectivity index (χ4n) is 1.51. The average Bonchev–Trinajstić information content (AvgIpc) is 2.62. The van der Waals surface area contributed by atoms with Gasteiger partial charge in [-0.15, -0.1) is 0 Å². The minimum atomic E-state index is 0.578. The number of rotatable bonds is 3. The summed E-state index contributed by atoms with van der Waals surface area (Å²) < 4.78 is 2.56. The van der Waals surface area contributed by atoms with Gasteiger partial charge >= 0.3 is 0 Å². The van der Waals surface area contributed by atoms with Crippen molar-refractivity contribution in [3.8, 4) is 11.4 Å². The molecule has 2 heterocycles. The Morgan fingerprint density at radius 2 is 2.38 bits per heavy atom. The van der Waals surface area contributed by atoms with Crippen molar-refractivity contribution in [3.63, 3.8) is 0 Å². The van der Waals surface area contributed by atoms with E-state index in [1.54, 1.807) is 12.4 Å². The fourth-order valence-corrected chi connectivity index (χ4v) is 1.94. The van der Waals surface area contributed by atoms with Crippen LogP contribution in [0.1, 0.15) is 13.3 Å². The van der Waals surface area contributed by atoms with Gasteiger partial charge in [-0.2, -0.15) is 5.10 Å². The first-order valence-electron chi connectivity index (χ1n) is 4.99. The number of pyridine rings is 1. The van der Waals surface area contributed by atoms with Gasteiger partial charge in [0.15, 0.2) is 10.6 Å². The third kappa shape index (κ3) is 2.01. The number of nitrogens with one attached hydrogen (secondary N) is 1. The molecule has 16 heavy (non-hydrogen) atoms. The molecule has 0 unspecified atom stereocenters. The molecule has 2 rings (SSSR count). The zero-order valence-electron chi connectivity index (χ0n) is 8.77. The third-order valence-electron chi connectivity index (χ3n) is 2.22. The molecule has 6 heteroatoms. The molecule has 84 valence electrons. The summed E-state index contributed by atoms with van der Waals surface area (Å²) in [4.78, 5) is 3.95. The zero-order valence-corrected chi connectivity index (χ0v) is 10.3. The lowest BCUT2D eigenvalue weighted by atomic mass is 10.2. The van der Waals surface area contributed by atoms with Gasteiger partial charge in [-0.3, -0.25) is 10.1 Å². The molecule has 0 aliphatic carbocycles. The molecule has 0 saturated heterocycles. The van der Waals surface area contributed by atoms with Crippen molar-refractivity contribution in [1.29, 1.82) is 0 Å². The van der Waals surface area contributed by atoms with Crippen molar-refractivity contribution < 1.29 is 0 Å². The van der Waals surface area contributed by atoms with E-state index in [0.29, 0.717) is 9.79 Å². The maximum Gasteiger partial charge on any atom is 0.195 e. The summed E-state index contributed by atoms with van der Waals surface area (Å²) in [6, 6.07) is 1.83. The van der Waals surface area contributed by atoms with Crippen LogP contribution in [0.25, 0.3) is 11.4 Å². The Labute approximate surface area is 103 Å². The predicted octanol–water partition coefficient (Wildman–Crippen LogP) is 3.07. The summed E-state index contributed by atoms with van der Waals surface area (Å²) in [5.41, 5.74) is 0.845. The van der Waals surface area contributed by atoms with Crippen LogP contribution in [-0.2, 0) is 6.54 Å². The van der Waals surface area contributed by atoms with Gasteiger partial charge in [0, 0.05) is 24.5 Å². The molecule has 2 aromatic heterocycles. The lowest BCUT2D eigenvalue weighted by Gasteiger charge is -2.05. The summed E-state index contributed by atoms with van der Waals surface area (Å²) >= 11 is 11.2. The quantitative estimate of drug-likeness (QED) is 0.857. The number of nitrogens with zero attached hydrogens (tertiary/aromatic N) is 3. The van der Waals surface area contributed by atoms with E-state index in [-0.39, 0.29) is 0 Å². The molecule has 0 bridgehead atoms. The van der Waals surface area contributed by atoms with Crippen LogP contribution in [0.15, 0.2) is 18.5 Å². The van der Waals surface area contributed by atoms with Crippen LogP contribution in [0.5, 0.6) is 0 Å². The van der Waals surface area contributed by atoms with E-state index in [1.165, 1.54) is 0 Å². The lowest BCUT2D eigenvalue weighted by Crippen LogP contribution is -2.00. The topological polar surface area (TPSA) is 46.5 Å². The highest BCUT2D eigenvalue weighted by atomic mass is 35.5. The molecule has 0 fully saturated rings. The van der Waals surface area contributed by atoms with E-state index >= 15 is 0 Å². The Hall–Kier alpha value is -1.20. The van der Waals surface area contributed by atoms with E-state index in [2.05, 4.69) is 22.1 Å². The summed E-state index contributed by atoms with van der Waals surface area (Å²) in [5, 5.41) is 7.56. The smallest absolute Gasteiger partial charge is 0.195 e. The number of aromatic amines is 1. The van der Waals surface area contributed by atoms with E-state index in [0.717, 1.165) is 24.4 Å². The van der Waals surface area contributed by atoms with E-state index in [4.69, 9.17) is 23.8 Å². The highest BCUT2D eigenvalue weighted by Crippen LogP contribution is 2.25. The Bertz CT molecular complexity index is 546. The summed E-state index contributed by atoms with van der Waals surface area (Å²) in [6.45, 7) is 2.91. The van der Waals surface area contributed by atoms with E-state index < -0.39 is 0 Å². The van der Waals surface area contributed by atoms with Crippen LogP contribution in [0.3, 0.4) is 0 Å². The summed E-state index contributed by atoms with van der Waals surface area (Å²) in [6.07, 6.45) is 4.28. The van der Waals surface area contributed by atoms with Gasteiger partial charge in [0.05, 0.1) is 5.02 Å². The van der Waals surface area contributed by atoms with Crippen molar-refractivity contribution in [2.24, 2.45) is 0 Å². The monoisotopic (exact) mass is 254 g/mol. The van der Waals surface area contributed by atoms with Gasteiger partial charge < -0.3 is 4.57 Å². The van der Waals surface area contributed by atoms with Crippen molar-refractivity contribution in [3.05, 3.63) is 28.3 Å². The lowest BCUT2D eigenvalue weighted by molar-refractivity contribution is 0.675. The van der Waals surface area contributed by atoms with Gasteiger partial charge in [-0.1, -0.05) is 18.5 Å². The highest BCUT2D eigenvalue weighted by molar-refractivity contribution is 7.71. The average molecular weight is 255 g/mol. The molecule has 0 saturated carbocycles. The molecule has 2 aromatic rings. The third-order valence-corrected chi connectivity index (χ3v) is 2.83. The largest absolute Gasteiger partial charge is 0.300 e. The van der Waals surface area contributed by atoms with Crippen molar-refractivity contribution >= 4 is 23.8 Å². The van der Waals surface area contributed by atoms with Crippen molar-refractivity contribution in [1.82, 2.24) is 19.7 Å². The SMILES string of the molecule is CCCn1c(-c2ccncc2Cl)n[nH]c1=S. The second kappa shape index (κ2) is 4.76. The molecule has 0 spiro atoms. The Balaban J connectivity index is 2.56. The van der Waals surface area contributed by atoms with Gasteiger partial charge in [0.1, 0.15) is 0 Å². The molecule has 0 amide bonds. The summed E-state index contributed by atoms with van der Waals surface area (Å²) in [7, 11) is 0. The molecule has 4 nitrogen and oxygen atoms in total. The van der Waals surface area contributed by atoms with Crippen molar-refractivity contribution in [2.75, 3.05) is 0 Å². The number of H-pyrrole nitrogens is 1. The minimum absolute atomic E-state index is 0.578. The van der Waals surface area contributed by atoms with Crippen LogP contribution in [0, 0.1) is 4.77 Å². The molecule has 0 atom stereocenters. The minimum Gasteiger partial charge on any atom is -0.300 e. The maximum absolute atomic E-state index is 6.08. The molecule has 0 aliphatic rings. The van der Waals surface area contributed by atoms with Crippen LogP contribution in [0.4, 0.5) is 0 Å². The first kappa shape index (κ1) is 11.3. The fraction of sp³-hybridized carbons (Fsp3) is 0.300. The normalized spacial score (nSPS) is 10.6. The van der Waals surface area contributed by atoms with Crippen LogP contribution in [0.2, 0.25) is 5.02 Å². The number of hydrogen-bond donors (Lipinski definition) is 1. The van der Waals surface area contributed by atoms with Crippen LogP contribution in [-0.4, -0.2) is 19.7 Å². The van der Waals surface area contributed by atoms with Gasteiger partial charge in [0.25, 0.3) is 0 Å². The Kier molecular flexibility index (Phi) is 3.36. The Morgan fingerprint density at radius 3 is 3.06 bits per heavy atom. The van der Waals surface area contributed by atoms with E-state index in [1.807, 2.05) is 10.6 Å². The van der Waals surface area contributed by atoms with Crippen LogP contribution >= 0.6 is 23.8 Å². The predicted molar refractivity (Wildman–Crippen MR) is 65.9 cm³/mol. The molecule has 0 aliphatic heterocycles. The first-order chi connectivity index (χ1) is 7.74. The standard InChI is InChI=1S/C10H11ClN4S/c1-2-5-15-9(13-14-10(15)16)7-3-4-12-6-8(7)11/h3-4,6H,2,5H2,1H3,(H,14,16). The van der Waals surface area contributed by atoms with Crippen LogP contribution < -0.4 is 0 Å². The zero-order chi connectivity index (χ0) is 11.5. The highest BCUT2D eigenvalue weighted by Gasteiger charge is 2.11. The second-order valence-corrected chi connectivity index (χ2v) is 4.15. The first-order valence-corrected chi connectivity index (χ1v) is 5.77. The molecular weight excluding hydrogens is 244 g/mol. The van der Waals surface area contributed by atoms with Gasteiger partial charge in [0.2, 0.25) is 0 Å². The molecular formula is C10H11ClN4S. The number of aromatic nitrogens is 4. The molecule has 1 N–H and O–H groups in total. The molecule has 0 radical (unpaired) electrons. The number of halogens is 1. The summed E-state index contributed by atoms with van der Waals surface area (Å²) in [5.74, 6) is 0.763. The van der Waals surface area contributed by atoms with Crippen molar-refractivity contribution in [2.45, 2.75) is 19.9 Å². The maximum atomic E-state index is 6.08. The number of hydrogen-bond acceptors (Lipinski definition) is 3. The molecule has 0 aromatic carbocycles. The van der Waals surface area contributed by atoms with Gasteiger partial charge in [-0.25, -0.2) is 0 Å².